The Bertz CT molecular complexity index is 363. The minimum atomic E-state index is 0.732. The van der Waals surface area contributed by atoms with Crippen molar-refractivity contribution in [2.24, 2.45) is 4.99 Å². The molecule has 1 heterocycles. The van der Waals surface area contributed by atoms with Gasteiger partial charge in [0.1, 0.15) is 5.75 Å². The van der Waals surface area contributed by atoms with Crippen LogP contribution in [0.4, 0.5) is 0 Å². The zero-order valence-electron chi connectivity index (χ0n) is 8.79. The number of rotatable bonds is 3. The van der Waals surface area contributed by atoms with E-state index in [1.807, 2.05) is 24.3 Å². The van der Waals surface area contributed by atoms with E-state index in [1.165, 1.54) is 0 Å². The fraction of sp³-hybridized carbons (Fsp3) is 0.364. The molecule has 0 saturated heterocycles. The minimum Gasteiger partial charge on any atom is -0.496 e. The van der Waals surface area contributed by atoms with Crippen LogP contribution in [0.2, 0.25) is 0 Å². The monoisotopic (exact) mass is 205 g/mol. The molecule has 1 aliphatic rings. The van der Waals surface area contributed by atoms with E-state index in [2.05, 4.69) is 15.6 Å². The van der Waals surface area contributed by atoms with Crippen molar-refractivity contribution in [1.29, 1.82) is 0 Å². The van der Waals surface area contributed by atoms with E-state index in [1.54, 1.807) is 7.11 Å². The minimum absolute atomic E-state index is 0.732. The van der Waals surface area contributed by atoms with E-state index in [0.29, 0.717) is 0 Å². The van der Waals surface area contributed by atoms with Gasteiger partial charge in [0, 0.05) is 18.7 Å². The van der Waals surface area contributed by atoms with Crippen LogP contribution < -0.4 is 15.4 Å². The van der Waals surface area contributed by atoms with Crippen molar-refractivity contribution in [3.05, 3.63) is 29.8 Å². The fourth-order valence-corrected chi connectivity index (χ4v) is 1.54. The van der Waals surface area contributed by atoms with Crippen LogP contribution in [0.1, 0.15) is 5.56 Å². The zero-order chi connectivity index (χ0) is 10.5. The number of methoxy groups -OCH3 is 1. The molecule has 0 aromatic heterocycles. The number of nitrogens with one attached hydrogen (secondary N) is 2. The van der Waals surface area contributed by atoms with Crippen molar-refractivity contribution in [2.75, 3.05) is 20.2 Å². The average molecular weight is 205 g/mol. The Morgan fingerprint density at radius 1 is 1.47 bits per heavy atom. The third-order valence-electron chi connectivity index (χ3n) is 2.31. The molecule has 0 saturated carbocycles. The lowest BCUT2D eigenvalue weighted by Crippen LogP contribution is -2.33. The number of ether oxygens (including phenoxy) is 1. The average Bonchev–Trinajstić information content (AvgIpc) is 2.79. The van der Waals surface area contributed by atoms with Crippen molar-refractivity contribution in [2.45, 2.75) is 6.54 Å². The van der Waals surface area contributed by atoms with Crippen molar-refractivity contribution < 1.29 is 4.74 Å². The highest BCUT2D eigenvalue weighted by Crippen LogP contribution is 2.16. The molecule has 0 bridgehead atoms. The standard InChI is InChI=1S/C11H15N3O/c1-15-10-5-3-2-4-9(10)8-14-11-12-6-7-13-11/h2-5H,6-8H2,1H3,(H2,12,13,14). The Morgan fingerprint density at radius 2 is 2.33 bits per heavy atom. The number of hydrogen-bond donors (Lipinski definition) is 2. The highest BCUT2D eigenvalue weighted by Gasteiger charge is 2.05. The Morgan fingerprint density at radius 3 is 3.07 bits per heavy atom. The van der Waals surface area contributed by atoms with Gasteiger partial charge < -0.3 is 15.4 Å². The molecule has 0 spiro atoms. The Hall–Kier alpha value is -1.71. The van der Waals surface area contributed by atoms with Gasteiger partial charge in [0.2, 0.25) is 0 Å². The van der Waals surface area contributed by atoms with Gasteiger partial charge in [0.25, 0.3) is 0 Å². The van der Waals surface area contributed by atoms with Crippen molar-refractivity contribution >= 4 is 5.96 Å². The normalized spacial score (nSPS) is 14.3. The molecule has 80 valence electrons. The fourth-order valence-electron chi connectivity index (χ4n) is 1.54. The van der Waals surface area contributed by atoms with Crippen LogP contribution in [-0.2, 0) is 6.54 Å². The van der Waals surface area contributed by atoms with Crippen molar-refractivity contribution in [3.8, 4) is 5.75 Å². The number of benzene rings is 1. The summed E-state index contributed by atoms with van der Waals surface area (Å²) < 4.78 is 5.26. The van der Waals surface area contributed by atoms with Crippen LogP contribution in [-0.4, -0.2) is 26.2 Å². The second-order valence-electron chi connectivity index (χ2n) is 3.32. The summed E-state index contributed by atoms with van der Waals surface area (Å²) in [7, 11) is 1.68. The highest BCUT2D eigenvalue weighted by atomic mass is 16.5. The summed E-state index contributed by atoms with van der Waals surface area (Å²) in [5.41, 5.74) is 1.14. The van der Waals surface area contributed by atoms with Crippen LogP contribution in [0.15, 0.2) is 29.3 Å². The number of aliphatic imine (C=N–C) groups is 1. The van der Waals surface area contributed by atoms with Crippen LogP contribution in [0.3, 0.4) is 0 Å². The van der Waals surface area contributed by atoms with Gasteiger partial charge >= 0.3 is 0 Å². The SMILES string of the molecule is COc1ccccc1CNC1=NCCN1. The van der Waals surface area contributed by atoms with E-state index in [9.17, 15) is 0 Å². The first kappa shape index (κ1) is 9.83. The molecule has 4 nitrogen and oxygen atoms in total. The van der Waals surface area contributed by atoms with Gasteiger partial charge in [0.05, 0.1) is 13.7 Å². The lowest BCUT2D eigenvalue weighted by molar-refractivity contribution is 0.409. The lowest BCUT2D eigenvalue weighted by atomic mass is 10.2. The molecular formula is C11H15N3O. The van der Waals surface area contributed by atoms with Gasteiger partial charge in [0.15, 0.2) is 5.96 Å². The Kier molecular flexibility index (Phi) is 3.07. The molecule has 0 fully saturated rings. The Balaban J connectivity index is 1.97. The quantitative estimate of drug-likeness (QED) is 0.765. The van der Waals surface area contributed by atoms with E-state index in [4.69, 9.17) is 4.74 Å². The number of guanidine groups is 1. The predicted molar refractivity (Wildman–Crippen MR) is 60.1 cm³/mol. The van der Waals surface area contributed by atoms with Gasteiger partial charge in [-0.3, -0.25) is 4.99 Å². The third-order valence-corrected chi connectivity index (χ3v) is 2.31. The van der Waals surface area contributed by atoms with E-state index in [0.717, 1.165) is 36.9 Å². The van der Waals surface area contributed by atoms with Gasteiger partial charge in [-0.1, -0.05) is 18.2 Å². The summed E-state index contributed by atoms with van der Waals surface area (Å²) in [6.45, 7) is 2.51. The second kappa shape index (κ2) is 4.68. The maximum Gasteiger partial charge on any atom is 0.191 e. The Labute approximate surface area is 89.4 Å². The van der Waals surface area contributed by atoms with Crippen LogP contribution in [0, 0.1) is 0 Å². The summed E-state index contributed by atoms with van der Waals surface area (Å²) in [5, 5.41) is 6.39. The summed E-state index contributed by atoms with van der Waals surface area (Å²) in [6, 6.07) is 7.97. The highest BCUT2D eigenvalue weighted by molar-refractivity contribution is 5.81. The summed E-state index contributed by atoms with van der Waals surface area (Å²) in [4.78, 5) is 4.26. The van der Waals surface area contributed by atoms with E-state index < -0.39 is 0 Å². The topological polar surface area (TPSA) is 45.6 Å². The molecule has 1 aromatic rings. The molecule has 0 atom stereocenters. The molecule has 0 unspecified atom stereocenters. The number of para-hydroxylation sites is 1. The number of hydrogen-bond acceptors (Lipinski definition) is 4. The van der Waals surface area contributed by atoms with Gasteiger partial charge in [-0.2, -0.15) is 0 Å². The number of nitrogens with zero attached hydrogens (tertiary/aromatic N) is 1. The second-order valence-corrected chi connectivity index (χ2v) is 3.32. The predicted octanol–water partition coefficient (Wildman–Crippen LogP) is 0.744. The van der Waals surface area contributed by atoms with E-state index >= 15 is 0 Å². The molecule has 1 aromatic carbocycles. The molecule has 0 radical (unpaired) electrons. The molecule has 15 heavy (non-hydrogen) atoms. The van der Waals surface area contributed by atoms with Crippen LogP contribution in [0.25, 0.3) is 0 Å². The first-order chi connectivity index (χ1) is 7.40. The van der Waals surface area contributed by atoms with Crippen molar-refractivity contribution in [3.63, 3.8) is 0 Å². The third kappa shape index (κ3) is 2.40. The largest absolute Gasteiger partial charge is 0.496 e. The molecule has 2 N–H and O–H groups in total. The first-order valence-electron chi connectivity index (χ1n) is 5.04. The van der Waals surface area contributed by atoms with Gasteiger partial charge in [-0.25, -0.2) is 0 Å². The smallest absolute Gasteiger partial charge is 0.191 e. The molecule has 2 rings (SSSR count). The molecule has 0 amide bonds. The molecule has 0 aliphatic carbocycles. The van der Waals surface area contributed by atoms with Gasteiger partial charge in [-0.15, -0.1) is 0 Å². The maximum atomic E-state index is 5.26. The van der Waals surface area contributed by atoms with Crippen molar-refractivity contribution in [1.82, 2.24) is 10.6 Å². The maximum absolute atomic E-state index is 5.26. The lowest BCUT2D eigenvalue weighted by Gasteiger charge is -2.10. The van der Waals surface area contributed by atoms with Gasteiger partial charge in [-0.05, 0) is 6.07 Å². The summed E-state index contributed by atoms with van der Waals surface area (Å²) >= 11 is 0. The molecule has 4 heteroatoms. The first-order valence-corrected chi connectivity index (χ1v) is 5.04. The van der Waals surface area contributed by atoms with E-state index in [-0.39, 0.29) is 0 Å². The molecular weight excluding hydrogens is 190 g/mol. The van der Waals surface area contributed by atoms with Crippen LogP contribution >= 0.6 is 0 Å². The summed E-state index contributed by atoms with van der Waals surface area (Å²) in [5.74, 6) is 1.78. The zero-order valence-corrected chi connectivity index (χ0v) is 8.79. The van der Waals surface area contributed by atoms with Crippen LogP contribution in [0.5, 0.6) is 5.75 Å². The summed E-state index contributed by atoms with van der Waals surface area (Å²) in [6.07, 6.45) is 0. The molecule has 1 aliphatic heterocycles.